The number of aromatic nitrogens is 2. The van der Waals surface area contributed by atoms with E-state index in [-0.39, 0.29) is 61.4 Å². The molecule has 0 saturated carbocycles. The Hall–Kier alpha value is -2.83. The average molecular weight is 504 g/mol. The summed E-state index contributed by atoms with van der Waals surface area (Å²) < 4.78 is 90.2. The maximum Gasteiger partial charge on any atom is 0.419 e. The van der Waals surface area contributed by atoms with Gasteiger partial charge in [-0.05, 0) is 18.9 Å². The second kappa shape index (κ2) is 9.08. The lowest BCUT2D eigenvalue weighted by atomic mass is 9.96. The first-order chi connectivity index (χ1) is 15.9. The Bertz CT molecular complexity index is 1160. The number of amides is 1. The minimum atomic E-state index is -4.60. The number of alkyl halides is 3. The standard InChI is InChI=1S/C21H21F5N4O3S/c22-15-1-2-16(17(23)9-15)18-12-29(20-27-10-14(11-28-20)21(24,25)26)5-6-30(18)19(31)13-3-7-34(32,33)8-4-13/h1-2,9-11,13,18H,3-8,12H2. The number of carbonyl (C=O) groups is 1. The fraction of sp³-hybridized carbons (Fsp3) is 0.476. The Morgan fingerprint density at radius 2 is 1.68 bits per heavy atom. The Balaban J connectivity index is 1.61. The summed E-state index contributed by atoms with van der Waals surface area (Å²) in [5.41, 5.74) is -0.978. The number of sulfone groups is 1. The van der Waals surface area contributed by atoms with Crippen LogP contribution < -0.4 is 4.90 Å². The zero-order valence-electron chi connectivity index (χ0n) is 17.8. The summed E-state index contributed by atoms with van der Waals surface area (Å²) in [7, 11) is -3.19. The van der Waals surface area contributed by atoms with Crippen molar-refractivity contribution in [3.63, 3.8) is 0 Å². The van der Waals surface area contributed by atoms with Gasteiger partial charge in [0, 0.05) is 49.6 Å². The highest BCUT2D eigenvalue weighted by Gasteiger charge is 2.39. The number of benzene rings is 1. The van der Waals surface area contributed by atoms with Crippen molar-refractivity contribution < 1.29 is 35.2 Å². The SMILES string of the molecule is O=C(C1CCS(=O)(=O)CC1)N1CCN(c2ncc(C(F)(F)F)cn2)CC1c1ccc(F)cc1F. The number of hydrogen-bond donors (Lipinski definition) is 0. The number of piperazine rings is 1. The molecule has 7 nitrogen and oxygen atoms in total. The molecule has 2 saturated heterocycles. The van der Waals surface area contributed by atoms with Gasteiger partial charge in [-0.2, -0.15) is 13.2 Å². The van der Waals surface area contributed by atoms with Crippen LogP contribution in [0.4, 0.5) is 27.9 Å². The van der Waals surface area contributed by atoms with Gasteiger partial charge in [0.25, 0.3) is 0 Å². The number of halogens is 5. The number of anilines is 1. The lowest BCUT2D eigenvalue weighted by Crippen LogP contribution is -2.53. The maximum absolute atomic E-state index is 14.7. The monoisotopic (exact) mass is 504 g/mol. The number of hydrogen-bond acceptors (Lipinski definition) is 6. The predicted molar refractivity (Wildman–Crippen MR) is 111 cm³/mol. The highest BCUT2D eigenvalue weighted by atomic mass is 32.2. The van der Waals surface area contributed by atoms with Gasteiger partial charge in [0.1, 0.15) is 21.5 Å². The molecule has 1 amide bonds. The van der Waals surface area contributed by atoms with Crippen LogP contribution in [0.5, 0.6) is 0 Å². The minimum absolute atomic E-state index is 0.0172. The second-order valence-corrected chi connectivity index (χ2v) is 10.7. The fourth-order valence-electron chi connectivity index (χ4n) is 4.27. The second-order valence-electron chi connectivity index (χ2n) is 8.35. The average Bonchev–Trinajstić information content (AvgIpc) is 2.78. The highest BCUT2D eigenvalue weighted by Crippen LogP contribution is 2.33. The third kappa shape index (κ3) is 5.13. The zero-order valence-corrected chi connectivity index (χ0v) is 18.6. The van der Waals surface area contributed by atoms with Crippen molar-refractivity contribution in [2.45, 2.75) is 25.1 Å². The molecular weight excluding hydrogens is 483 g/mol. The van der Waals surface area contributed by atoms with Crippen LogP contribution in [0.15, 0.2) is 30.6 Å². The quantitative estimate of drug-likeness (QED) is 0.598. The number of nitrogens with zero attached hydrogens (tertiary/aromatic N) is 4. The first-order valence-electron chi connectivity index (χ1n) is 10.5. The molecule has 1 aromatic heterocycles. The molecule has 0 spiro atoms. The van der Waals surface area contributed by atoms with E-state index in [9.17, 15) is 35.2 Å². The Kier molecular flexibility index (Phi) is 6.49. The van der Waals surface area contributed by atoms with E-state index in [0.29, 0.717) is 18.5 Å². The van der Waals surface area contributed by atoms with Crippen molar-refractivity contribution >= 4 is 21.7 Å². The smallest absolute Gasteiger partial charge is 0.337 e. The third-order valence-electron chi connectivity index (χ3n) is 6.14. The molecule has 2 fully saturated rings. The van der Waals surface area contributed by atoms with Crippen molar-refractivity contribution in [2.24, 2.45) is 5.92 Å². The van der Waals surface area contributed by atoms with Gasteiger partial charge in [-0.15, -0.1) is 0 Å². The Morgan fingerprint density at radius 1 is 1.03 bits per heavy atom. The van der Waals surface area contributed by atoms with E-state index in [2.05, 4.69) is 9.97 Å². The van der Waals surface area contributed by atoms with Crippen molar-refractivity contribution in [3.05, 3.63) is 53.4 Å². The third-order valence-corrected chi connectivity index (χ3v) is 7.85. The van der Waals surface area contributed by atoms with E-state index in [4.69, 9.17) is 0 Å². The zero-order chi connectivity index (χ0) is 24.7. The van der Waals surface area contributed by atoms with Crippen LogP contribution >= 0.6 is 0 Å². The Labute approximate surface area is 192 Å². The number of rotatable bonds is 3. The molecule has 3 heterocycles. The summed E-state index contributed by atoms with van der Waals surface area (Å²) in [5, 5.41) is 0. The molecule has 1 unspecified atom stereocenters. The molecule has 0 N–H and O–H groups in total. The van der Waals surface area contributed by atoms with Crippen molar-refractivity contribution in [1.29, 1.82) is 0 Å². The summed E-state index contributed by atoms with van der Waals surface area (Å²) in [6.45, 7) is 0.208. The first-order valence-corrected chi connectivity index (χ1v) is 12.4. The van der Waals surface area contributed by atoms with Crippen LogP contribution in [0, 0.1) is 17.6 Å². The summed E-state index contributed by atoms with van der Waals surface area (Å²) in [6.07, 6.45) is -2.99. The van der Waals surface area contributed by atoms with E-state index in [1.54, 1.807) is 0 Å². The van der Waals surface area contributed by atoms with Gasteiger partial charge >= 0.3 is 6.18 Å². The largest absolute Gasteiger partial charge is 0.419 e. The van der Waals surface area contributed by atoms with E-state index in [0.717, 1.165) is 6.07 Å². The summed E-state index contributed by atoms with van der Waals surface area (Å²) in [4.78, 5) is 23.8. The summed E-state index contributed by atoms with van der Waals surface area (Å²) >= 11 is 0. The lowest BCUT2D eigenvalue weighted by molar-refractivity contribution is -0.139. The van der Waals surface area contributed by atoms with Crippen LogP contribution in [0.3, 0.4) is 0 Å². The maximum atomic E-state index is 14.7. The van der Waals surface area contributed by atoms with E-state index in [1.807, 2.05) is 0 Å². The van der Waals surface area contributed by atoms with Gasteiger partial charge < -0.3 is 9.80 Å². The molecule has 2 aromatic rings. The molecule has 4 rings (SSSR count). The van der Waals surface area contributed by atoms with Gasteiger partial charge in [-0.1, -0.05) is 6.07 Å². The predicted octanol–water partition coefficient (Wildman–Crippen LogP) is 2.99. The molecule has 34 heavy (non-hydrogen) atoms. The van der Waals surface area contributed by atoms with Crippen molar-refractivity contribution in [1.82, 2.24) is 14.9 Å². The fourth-order valence-corrected chi connectivity index (χ4v) is 5.76. The summed E-state index contributed by atoms with van der Waals surface area (Å²) in [5.74, 6) is -2.80. The van der Waals surface area contributed by atoms with Crippen LogP contribution in [0.1, 0.15) is 30.0 Å². The van der Waals surface area contributed by atoms with Gasteiger partial charge in [-0.3, -0.25) is 4.79 Å². The van der Waals surface area contributed by atoms with E-state index in [1.165, 1.54) is 15.9 Å². The molecule has 0 aliphatic carbocycles. The lowest BCUT2D eigenvalue weighted by Gasteiger charge is -2.43. The van der Waals surface area contributed by atoms with E-state index >= 15 is 0 Å². The van der Waals surface area contributed by atoms with Crippen LogP contribution in [-0.4, -0.2) is 60.3 Å². The molecule has 2 aliphatic heterocycles. The first kappa shape index (κ1) is 24.3. The van der Waals surface area contributed by atoms with Gasteiger partial charge in [-0.25, -0.2) is 27.2 Å². The molecular formula is C21H21F5N4O3S. The molecule has 0 bridgehead atoms. The summed E-state index contributed by atoms with van der Waals surface area (Å²) in [6, 6.07) is 2.07. The van der Waals surface area contributed by atoms with Gasteiger partial charge in [0.05, 0.1) is 23.1 Å². The Morgan fingerprint density at radius 3 is 2.26 bits per heavy atom. The molecule has 0 radical (unpaired) electrons. The van der Waals surface area contributed by atoms with E-state index < -0.39 is 45.2 Å². The molecule has 184 valence electrons. The molecule has 1 atom stereocenters. The van der Waals surface area contributed by atoms with Crippen LogP contribution in [0.25, 0.3) is 0 Å². The van der Waals surface area contributed by atoms with Crippen molar-refractivity contribution in [2.75, 3.05) is 36.0 Å². The molecule has 2 aliphatic rings. The van der Waals surface area contributed by atoms with Crippen molar-refractivity contribution in [3.8, 4) is 0 Å². The van der Waals surface area contributed by atoms with Crippen LogP contribution in [-0.2, 0) is 20.8 Å². The topological polar surface area (TPSA) is 83.5 Å². The van der Waals surface area contributed by atoms with Gasteiger partial charge in [0.15, 0.2) is 0 Å². The normalized spacial score (nSPS) is 21.5. The van der Waals surface area contributed by atoms with Gasteiger partial charge in [0.2, 0.25) is 11.9 Å². The minimum Gasteiger partial charge on any atom is -0.337 e. The molecule has 13 heteroatoms. The number of carbonyl (C=O) groups excluding carboxylic acids is 1. The highest BCUT2D eigenvalue weighted by molar-refractivity contribution is 7.91. The molecule has 1 aromatic carbocycles. The van der Waals surface area contributed by atoms with Crippen LogP contribution in [0.2, 0.25) is 0 Å².